The summed E-state index contributed by atoms with van der Waals surface area (Å²) in [7, 11) is -3.12. The first-order chi connectivity index (χ1) is 14.8. The monoisotopic (exact) mass is 451 g/mol. The zero-order valence-corrected chi connectivity index (χ0v) is 19.3. The summed E-state index contributed by atoms with van der Waals surface area (Å²) in [5, 5.41) is 0. The van der Waals surface area contributed by atoms with Crippen LogP contribution in [0.1, 0.15) is 42.6 Å². The summed E-state index contributed by atoms with van der Waals surface area (Å²) in [5.74, 6) is -0.137. The maximum Gasteiger partial charge on any atom is 0.309 e. The van der Waals surface area contributed by atoms with E-state index in [1.165, 1.54) is 0 Å². The lowest BCUT2D eigenvalue weighted by atomic mass is 9.96. The topological polar surface area (TPSA) is 87.2 Å². The van der Waals surface area contributed by atoms with E-state index >= 15 is 0 Å². The quantitative estimate of drug-likeness (QED) is 0.585. The van der Waals surface area contributed by atoms with Crippen molar-refractivity contribution in [2.45, 2.75) is 33.2 Å². The maximum atomic E-state index is 12.8. The second-order valence-electron chi connectivity index (χ2n) is 8.09. The molecular weight excluding hydrogens is 418 g/mol. The van der Waals surface area contributed by atoms with Crippen molar-refractivity contribution in [2.75, 3.05) is 51.6 Å². The van der Waals surface area contributed by atoms with E-state index in [1.807, 2.05) is 24.3 Å². The molecule has 0 atom stereocenters. The highest BCUT2D eigenvalue weighted by Gasteiger charge is 2.29. The third kappa shape index (κ3) is 6.05. The Morgan fingerprint density at radius 1 is 0.968 bits per heavy atom. The highest BCUT2D eigenvalue weighted by molar-refractivity contribution is 7.89. The number of piperidine rings is 1. The Morgan fingerprint density at radius 2 is 1.58 bits per heavy atom. The van der Waals surface area contributed by atoms with E-state index in [-0.39, 0.29) is 23.5 Å². The number of nitrogens with zero attached hydrogens (tertiary/aromatic N) is 3. The third-order valence-corrected chi connectivity index (χ3v) is 7.98. The molecule has 0 aromatic heterocycles. The molecule has 3 rings (SSSR count). The number of hydrogen-bond donors (Lipinski definition) is 0. The van der Waals surface area contributed by atoms with Gasteiger partial charge in [0.2, 0.25) is 10.0 Å². The Bertz CT molecular complexity index is 856. The Labute approximate surface area is 185 Å². The molecule has 31 heavy (non-hydrogen) atoms. The fraction of sp³-hybridized carbons (Fsp3) is 0.636. The van der Waals surface area contributed by atoms with Crippen LogP contribution in [0.25, 0.3) is 0 Å². The predicted octanol–water partition coefficient (Wildman–Crippen LogP) is 1.57. The van der Waals surface area contributed by atoms with Gasteiger partial charge in [-0.3, -0.25) is 14.5 Å². The van der Waals surface area contributed by atoms with E-state index < -0.39 is 10.0 Å². The van der Waals surface area contributed by atoms with Gasteiger partial charge in [-0.1, -0.05) is 12.1 Å². The van der Waals surface area contributed by atoms with Crippen LogP contribution < -0.4 is 0 Å². The van der Waals surface area contributed by atoms with Gasteiger partial charge in [0.25, 0.3) is 5.91 Å². The molecule has 9 heteroatoms. The molecule has 2 heterocycles. The van der Waals surface area contributed by atoms with E-state index in [2.05, 4.69) is 4.90 Å². The van der Waals surface area contributed by atoms with Crippen molar-refractivity contribution < 1.29 is 22.7 Å². The van der Waals surface area contributed by atoms with Crippen molar-refractivity contribution in [2.24, 2.45) is 5.92 Å². The van der Waals surface area contributed by atoms with Gasteiger partial charge in [-0.05, 0) is 44.4 Å². The highest BCUT2D eigenvalue weighted by atomic mass is 32.2. The first kappa shape index (κ1) is 23.7. The van der Waals surface area contributed by atoms with Crippen LogP contribution in [0.2, 0.25) is 0 Å². The molecular formula is C22H33N3O5S. The van der Waals surface area contributed by atoms with Crippen LogP contribution >= 0.6 is 0 Å². The summed E-state index contributed by atoms with van der Waals surface area (Å²) in [4.78, 5) is 28.7. The first-order valence-corrected chi connectivity index (χ1v) is 12.7. The van der Waals surface area contributed by atoms with Crippen molar-refractivity contribution in [3.63, 3.8) is 0 Å². The lowest BCUT2D eigenvalue weighted by molar-refractivity contribution is -0.149. The fourth-order valence-corrected chi connectivity index (χ4v) is 5.21. The number of amides is 1. The molecule has 1 aromatic carbocycles. The number of piperazine rings is 1. The molecule has 0 aliphatic carbocycles. The van der Waals surface area contributed by atoms with Crippen LogP contribution in [0.3, 0.4) is 0 Å². The summed E-state index contributed by atoms with van der Waals surface area (Å²) in [6.45, 7) is 8.18. The Kier molecular flexibility index (Phi) is 8.07. The molecule has 8 nitrogen and oxygen atoms in total. The van der Waals surface area contributed by atoms with Crippen LogP contribution in [-0.4, -0.2) is 86.0 Å². The first-order valence-electron chi connectivity index (χ1n) is 11.1. The van der Waals surface area contributed by atoms with Crippen molar-refractivity contribution in [3.8, 4) is 0 Å². The lowest BCUT2D eigenvalue weighted by Crippen LogP contribution is -2.48. The summed E-state index contributed by atoms with van der Waals surface area (Å²) >= 11 is 0. The van der Waals surface area contributed by atoms with Gasteiger partial charge in [0.15, 0.2) is 0 Å². The van der Waals surface area contributed by atoms with Gasteiger partial charge in [-0.2, -0.15) is 4.31 Å². The van der Waals surface area contributed by atoms with Crippen molar-refractivity contribution in [3.05, 3.63) is 35.4 Å². The minimum Gasteiger partial charge on any atom is -0.466 e. The number of hydrogen-bond acceptors (Lipinski definition) is 6. The fourth-order valence-electron chi connectivity index (χ4n) is 4.12. The Balaban J connectivity index is 1.48. The van der Waals surface area contributed by atoms with E-state index in [9.17, 15) is 18.0 Å². The van der Waals surface area contributed by atoms with Crippen molar-refractivity contribution in [1.29, 1.82) is 0 Å². The number of likely N-dealkylation sites (tertiary alicyclic amines) is 1. The minimum absolute atomic E-state index is 0.00718. The number of carbonyl (C=O) groups is 2. The van der Waals surface area contributed by atoms with Crippen molar-refractivity contribution in [1.82, 2.24) is 14.1 Å². The van der Waals surface area contributed by atoms with E-state index in [0.717, 1.165) is 12.1 Å². The molecule has 2 aliphatic rings. The SMILES string of the molecule is CCOC(=O)C1CCN(C(=O)c2ccc(CN3CCN(S(=O)(=O)CC)CC3)cc2)CC1. The van der Waals surface area contributed by atoms with Crippen LogP contribution in [-0.2, 0) is 26.1 Å². The molecule has 0 bridgehead atoms. The summed E-state index contributed by atoms with van der Waals surface area (Å²) in [6, 6.07) is 7.64. The molecule has 0 N–H and O–H groups in total. The summed E-state index contributed by atoms with van der Waals surface area (Å²) in [5.41, 5.74) is 1.75. The number of rotatable bonds is 7. The van der Waals surface area contributed by atoms with Gasteiger partial charge in [0.1, 0.15) is 0 Å². The van der Waals surface area contributed by atoms with Crippen molar-refractivity contribution >= 4 is 21.9 Å². The summed E-state index contributed by atoms with van der Waals surface area (Å²) in [6.07, 6.45) is 1.28. The van der Waals surface area contributed by atoms with Crippen LogP contribution in [0, 0.1) is 5.92 Å². The number of esters is 1. The zero-order chi connectivity index (χ0) is 22.4. The average Bonchev–Trinajstić information content (AvgIpc) is 2.80. The number of sulfonamides is 1. The molecule has 0 saturated carbocycles. The molecule has 0 spiro atoms. The maximum absolute atomic E-state index is 12.8. The third-order valence-electron chi connectivity index (χ3n) is 6.10. The Morgan fingerprint density at radius 3 is 2.13 bits per heavy atom. The van der Waals surface area contributed by atoms with E-state index in [4.69, 9.17) is 4.74 Å². The van der Waals surface area contributed by atoms with Gasteiger partial charge in [0, 0.05) is 51.4 Å². The predicted molar refractivity (Wildman–Crippen MR) is 118 cm³/mol. The molecule has 2 aliphatic heterocycles. The molecule has 1 amide bonds. The van der Waals surface area contributed by atoms with Crippen LogP contribution in [0.5, 0.6) is 0 Å². The molecule has 0 radical (unpaired) electrons. The zero-order valence-electron chi connectivity index (χ0n) is 18.5. The molecule has 172 valence electrons. The smallest absolute Gasteiger partial charge is 0.309 e. The van der Waals surface area contributed by atoms with Gasteiger partial charge < -0.3 is 9.64 Å². The number of carbonyl (C=O) groups excluding carboxylic acids is 2. The van der Waals surface area contributed by atoms with Crippen LogP contribution in [0.15, 0.2) is 24.3 Å². The largest absolute Gasteiger partial charge is 0.466 e. The molecule has 2 fully saturated rings. The number of ether oxygens (including phenoxy) is 1. The van der Waals surface area contributed by atoms with E-state index in [0.29, 0.717) is 64.3 Å². The normalized spacial score (nSPS) is 19.4. The standard InChI is InChI=1S/C22H33N3O5S/c1-3-30-22(27)20-9-11-24(12-10-20)21(26)19-7-5-18(6-8-19)17-23-13-15-25(16-14-23)31(28,29)4-2/h5-8,20H,3-4,9-17H2,1-2H3. The lowest BCUT2D eigenvalue weighted by Gasteiger charge is -2.33. The van der Waals surface area contributed by atoms with Gasteiger partial charge in [-0.15, -0.1) is 0 Å². The molecule has 0 unspecified atom stereocenters. The van der Waals surface area contributed by atoms with Gasteiger partial charge in [0.05, 0.1) is 18.3 Å². The van der Waals surface area contributed by atoms with Crippen LogP contribution in [0.4, 0.5) is 0 Å². The van der Waals surface area contributed by atoms with Gasteiger partial charge in [-0.25, -0.2) is 8.42 Å². The minimum atomic E-state index is -3.12. The average molecular weight is 452 g/mol. The molecule has 2 saturated heterocycles. The second-order valence-corrected chi connectivity index (χ2v) is 10.3. The van der Waals surface area contributed by atoms with E-state index in [1.54, 1.807) is 23.1 Å². The highest BCUT2D eigenvalue weighted by Crippen LogP contribution is 2.21. The second kappa shape index (κ2) is 10.6. The Hall–Kier alpha value is -1.97. The molecule has 1 aromatic rings. The number of benzene rings is 1. The summed E-state index contributed by atoms with van der Waals surface area (Å²) < 4.78 is 30.6. The van der Waals surface area contributed by atoms with Gasteiger partial charge >= 0.3 is 5.97 Å².